The molecule has 6 atom stereocenters. The molecule has 3 rings (SSSR count). The molecule has 3 aliphatic rings. The Labute approximate surface area is 146 Å². The molecule has 3 aliphatic heterocycles. The minimum absolute atomic E-state index is 0.128. The molecule has 0 aromatic carbocycles. The monoisotopic (exact) mass is 338 g/mol. The Morgan fingerprint density at radius 1 is 1.12 bits per heavy atom. The van der Waals surface area contributed by atoms with E-state index in [1.807, 2.05) is 13.0 Å². The van der Waals surface area contributed by atoms with Gasteiger partial charge in [0.2, 0.25) is 0 Å². The maximum atomic E-state index is 10.8. The fraction of sp³-hybridized carbons (Fsp3) is 0.900. The standard InChI is InChI=1S/C20H34O4/c1-13(2)20-9-8-18(4,24-20)16(22)7-6-14(3)10-15(21)11-19(5)17(12-20)23-19/h10,13,15-17,21-22H,6-9,11-12H2,1-5H3/b14-10+/t15-,16-,17-,18-,19-,20+/m1/s1. The predicted octanol–water partition coefficient (Wildman–Crippen LogP) is 3.35. The lowest BCUT2D eigenvalue weighted by molar-refractivity contribution is -0.167. The predicted molar refractivity (Wildman–Crippen MR) is 93.8 cm³/mol. The van der Waals surface area contributed by atoms with Gasteiger partial charge in [-0.1, -0.05) is 25.5 Å². The molecule has 0 aromatic rings. The van der Waals surface area contributed by atoms with Crippen molar-refractivity contribution >= 4 is 0 Å². The molecule has 0 aliphatic carbocycles. The minimum Gasteiger partial charge on any atom is -0.390 e. The van der Waals surface area contributed by atoms with Crippen molar-refractivity contribution in [2.45, 2.75) is 108 Å². The van der Waals surface area contributed by atoms with Crippen molar-refractivity contribution in [3.05, 3.63) is 11.6 Å². The lowest BCUT2D eigenvalue weighted by Gasteiger charge is -2.38. The van der Waals surface area contributed by atoms with Gasteiger partial charge in [-0.25, -0.2) is 0 Å². The Kier molecular flexibility index (Phi) is 4.66. The lowest BCUT2D eigenvalue weighted by atomic mass is 9.80. The van der Waals surface area contributed by atoms with Crippen molar-refractivity contribution < 1.29 is 19.7 Å². The Hall–Kier alpha value is -0.420. The average Bonchev–Trinajstić information content (AvgIpc) is 2.92. The first-order chi connectivity index (χ1) is 11.1. The van der Waals surface area contributed by atoms with Crippen molar-refractivity contribution in [2.24, 2.45) is 5.92 Å². The summed E-state index contributed by atoms with van der Waals surface area (Å²) in [6, 6.07) is 0. The van der Waals surface area contributed by atoms with Crippen LogP contribution in [0.4, 0.5) is 0 Å². The van der Waals surface area contributed by atoms with Crippen LogP contribution in [-0.4, -0.2) is 45.3 Å². The molecule has 3 heterocycles. The van der Waals surface area contributed by atoms with Gasteiger partial charge in [-0.15, -0.1) is 0 Å². The van der Waals surface area contributed by atoms with Crippen LogP contribution in [-0.2, 0) is 9.47 Å². The molecule has 2 N–H and O–H groups in total. The second-order valence-corrected chi connectivity index (χ2v) is 9.10. The fourth-order valence-corrected chi connectivity index (χ4v) is 4.64. The van der Waals surface area contributed by atoms with E-state index in [1.54, 1.807) is 0 Å². The highest BCUT2D eigenvalue weighted by molar-refractivity contribution is 5.12. The molecule has 24 heavy (non-hydrogen) atoms. The maximum absolute atomic E-state index is 10.8. The molecule has 0 radical (unpaired) electrons. The molecular formula is C20H34O4. The topological polar surface area (TPSA) is 62.2 Å². The number of aliphatic hydroxyl groups excluding tert-OH is 2. The maximum Gasteiger partial charge on any atom is 0.0949 e. The second-order valence-electron chi connectivity index (χ2n) is 9.10. The third-order valence-corrected chi connectivity index (χ3v) is 6.71. The molecular weight excluding hydrogens is 304 g/mol. The van der Waals surface area contributed by atoms with Crippen LogP contribution in [0.25, 0.3) is 0 Å². The number of epoxide rings is 1. The van der Waals surface area contributed by atoms with E-state index in [2.05, 4.69) is 27.7 Å². The van der Waals surface area contributed by atoms with Crippen LogP contribution < -0.4 is 0 Å². The summed E-state index contributed by atoms with van der Waals surface area (Å²) in [5, 5.41) is 21.1. The molecule has 2 saturated heterocycles. The highest BCUT2D eigenvalue weighted by Gasteiger charge is 2.60. The molecule has 0 saturated carbocycles. The van der Waals surface area contributed by atoms with Crippen LogP contribution in [0, 0.1) is 5.92 Å². The molecule has 0 unspecified atom stereocenters. The minimum atomic E-state index is -0.485. The second kappa shape index (κ2) is 6.08. The molecule has 0 aromatic heterocycles. The summed E-state index contributed by atoms with van der Waals surface area (Å²) >= 11 is 0. The number of ether oxygens (including phenoxy) is 2. The number of aliphatic hydroxyl groups is 2. The third kappa shape index (κ3) is 3.31. The quantitative estimate of drug-likeness (QED) is 0.568. The first-order valence-electron chi connectivity index (χ1n) is 9.50. The Balaban J connectivity index is 1.88. The van der Waals surface area contributed by atoms with Gasteiger partial charge in [-0.2, -0.15) is 0 Å². The number of allylic oxidation sites excluding steroid dienone is 1. The van der Waals surface area contributed by atoms with Gasteiger partial charge >= 0.3 is 0 Å². The lowest BCUT2D eigenvalue weighted by Crippen LogP contribution is -2.45. The average molecular weight is 338 g/mol. The zero-order valence-electron chi connectivity index (χ0n) is 15.8. The normalized spacial score (nSPS) is 51.8. The largest absolute Gasteiger partial charge is 0.390 e. The Morgan fingerprint density at radius 3 is 2.50 bits per heavy atom. The molecule has 2 fully saturated rings. The van der Waals surface area contributed by atoms with Gasteiger partial charge in [0.05, 0.1) is 35.1 Å². The van der Waals surface area contributed by atoms with Crippen LogP contribution in [0.5, 0.6) is 0 Å². The van der Waals surface area contributed by atoms with Crippen molar-refractivity contribution in [1.29, 1.82) is 0 Å². The number of rotatable bonds is 1. The molecule has 0 amide bonds. The highest BCUT2D eigenvalue weighted by atomic mass is 16.6. The number of fused-ring (bicyclic) bond motifs is 3. The van der Waals surface area contributed by atoms with E-state index in [0.717, 1.165) is 31.3 Å². The summed E-state index contributed by atoms with van der Waals surface area (Å²) in [6.45, 7) is 10.6. The van der Waals surface area contributed by atoms with Gasteiger partial charge in [-0.05, 0) is 52.4 Å². The summed E-state index contributed by atoms with van der Waals surface area (Å²) in [5.41, 5.74) is 0.147. The summed E-state index contributed by atoms with van der Waals surface area (Å²) in [5.74, 6) is 0.370. The van der Waals surface area contributed by atoms with Gasteiger partial charge in [0, 0.05) is 12.8 Å². The Morgan fingerprint density at radius 2 is 1.83 bits per heavy atom. The molecule has 2 bridgehead atoms. The van der Waals surface area contributed by atoms with Crippen molar-refractivity contribution in [1.82, 2.24) is 0 Å². The molecule has 0 spiro atoms. The summed E-state index contributed by atoms with van der Waals surface area (Å²) in [4.78, 5) is 0. The van der Waals surface area contributed by atoms with Crippen LogP contribution >= 0.6 is 0 Å². The van der Waals surface area contributed by atoms with E-state index in [0.29, 0.717) is 18.8 Å². The van der Waals surface area contributed by atoms with Crippen LogP contribution in [0.1, 0.15) is 73.1 Å². The van der Waals surface area contributed by atoms with E-state index < -0.39 is 17.8 Å². The fourth-order valence-electron chi connectivity index (χ4n) is 4.64. The van der Waals surface area contributed by atoms with E-state index in [9.17, 15) is 10.2 Å². The van der Waals surface area contributed by atoms with Crippen LogP contribution in [0.3, 0.4) is 0 Å². The summed E-state index contributed by atoms with van der Waals surface area (Å²) in [7, 11) is 0. The first kappa shape index (κ1) is 18.4. The molecule has 4 nitrogen and oxygen atoms in total. The van der Waals surface area contributed by atoms with Crippen molar-refractivity contribution in [3.8, 4) is 0 Å². The third-order valence-electron chi connectivity index (χ3n) is 6.71. The zero-order chi connectivity index (χ0) is 17.8. The van der Waals surface area contributed by atoms with Crippen molar-refractivity contribution in [3.63, 3.8) is 0 Å². The summed E-state index contributed by atoms with van der Waals surface area (Å²) < 4.78 is 12.6. The van der Waals surface area contributed by atoms with Crippen LogP contribution in [0.15, 0.2) is 11.6 Å². The Bertz CT molecular complexity index is 516. The van der Waals surface area contributed by atoms with E-state index in [4.69, 9.17) is 9.47 Å². The van der Waals surface area contributed by atoms with Gasteiger partial charge in [-0.3, -0.25) is 0 Å². The number of hydrogen-bond donors (Lipinski definition) is 2. The zero-order valence-corrected chi connectivity index (χ0v) is 15.8. The highest BCUT2D eigenvalue weighted by Crippen LogP contribution is 2.53. The number of hydrogen-bond acceptors (Lipinski definition) is 4. The molecule has 4 heteroatoms. The van der Waals surface area contributed by atoms with Gasteiger partial charge in [0.1, 0.15) is 0 Å². The van der Waals surface area contributed by atoms with E-state index in [-0.39, 0.29) is 17.3 Å². The van der Waals surface area contributed by atoms with Gasteiger partial charge in [0.25, 0.3) is 0 Å². The van der Waals surface area contributed by atoms with Gasteiger partial charge < -0.3 is 19.7 Å². The van der Waals surface area contributed by atoms with E-state index >= 15 is 0 Å². The SMILES string of the molecule is C/C1=C\[C@@H](O)C[C@@]2(C)O[C@@H]2C[C@]2(C(C)C)CC[C@@](C)(O2)[C@H](O)CC1. The van der Waals surface area contributed by atoms with Gasteiger partial charge in [0.15, 0.2) is 0 Å². The van der Waals surface area contributed by atoms with Crippen LogP contribution in [0.2, 0.25) is 0 Å². The summed E-state index contributed by atoms with van der Waals surface area (Å²) in [6.07, 6.45) is 5.88. The van der Waals surface area contributed by atoms with E-state index in [1.165, 1.54) is 0 Å². The smallest absolute Gasteiger partial charge is 0.0949 e. The molecule has 138 valence electrons. The van der Waals surface area contributed by atoms with Crippen molar-refractivity contribution in [2.75, 3.05) is 0 Å². The first-order valence-corrected chi connectivity index (χ1v) is 9.50.